The summed E-state index contributed by atoms with van der Waals surface area (Å²) in [6, 6.07) is 16.2. The quantitative estimate of drug-likeness (QED) is 0.160. The summed E-state index contributed by atoms with van der Waals surface area (Å²) in [6.07, 6.45) is 8.58. The zero-order valence-electron chi connectivity index (χ0n) is 22.1. The molecule has 1 aliphatic rings. The highest BCUT2D eigenvalue weighted by Crippen LogP contribution is 2.40. The van der Waals surface area contributed by atoms with Gasteiger partial charge in [0.05, 0.1) is 24.6 Å². The van der Waals surface area contributed by atoms with Crippen molar-refractivity contribution in [2.75, 3.05) is 31.6 Å². The number of nitriles is 1. The number of nitrogens with zero attached hydrogens (tertiary/aromatic N) is 3. The third-order valence-electron chi connectivity index (χ3n) is 7.05. The number of fused-ring (bicyclic) bond motifs is 3. The molecule has 200 valence electrons. The van der Waals surface area contributed by atoms with Crippen molar-refractivity contribution >= 4 is 33.4 Å². The number of rotatable bonds is 14. The fourth-order valence-electron chi connectivity index (χ4n) is 4.91. The number of carbonyl (C=O) groups is 1. The summed E-state index contributed by atoms with van der Waals surface area (Å²) in [5, 5.41) is 18.8. The molecule has 0 saturated heterocycles. The van der Waals surface area contributed by atoms with Gasteiger partial charge in [0, 0.05) is 53.8 Å². The van der Waals surface area contributed by atoms with E-state index in [0.717, 1.165) is 53.5 Å². The van der Waals surface area contributed by atoms with Crippen LogP contribution in [0.25, 0.3) is 21.7 Å². The summed E-state index contributed by atoms with van der Waals surface area (Å²) in [7, 11) is 0. The Labute approximate surface area is 228 Å². The zero-order valence-corrected chi connectivity index (χ0v) is 22.1. The van der Waals surface area contributed by atoms with Crippen LogP contribution < -0.4 is 16.4 Å². The van der Waals surface area contributed by atoms with E-state index in [1.165, 1.54) is 24.0 Å². The minimum Gasteiger partial charge on any atom is -0.380 e. The maximum absolute atomic E-state index is 11.6. The first-order valence-corrected chi connectivity index (χ1v) is 13.6. The Kier molecular flexibility index (Phi) is 8.61. The van der Waals surface area contributed by atoms with E-state index in [4.69, 9.17) is 20.7 Å². The number of nitrogens with one attached hydrogen (secondary N) is 2. The van der Waals surface area contributed by atoms with Crippen LogP contribution in [0, 0.1) is 11.3 Å². The molecule has 5 rings (SSSR count). The fraction of sp³-hybridized carbons (Fsp3) is 0.355. The lowest BCUT2D eigenvalue weighted by atomic mass is 10.0. The highest BCUT2D eigenvalue weighted by atomic mass is 16.5. The van der Waals surface area contributed by atoms with Gasteiger partial charge in [-0.3, -0.25) is 9.78 Å². The van der Waals surface area contributed by atoms with Crippen LogP contribution in [0.3, 0.4) is 0 Å². The maximum atomic E-state index is 11.6. The van der Waals surface area contributed by atoms with E-state index in [2.05, 4.69) is 39.9 Å². The molecule has 0 bridgehead atoms. The molecule has 0 radical (unpaired) electrons. The molecule has 0 atom stereocenters. The standard InChI is InChI=1S/C31H34N6O2/c32-9-7-21-15-22(17-25(16-21)23-3-4-23)19-34-10-1-2-13-39-14-12-36-31-27-8-11-35-20-28(27)26-6-5-24(30(33)38)18-29(26)37-31/h5-6,8,11,15-18,20,23,34H,1-4,7,10,12-14,19H2,(H2,33,38)(H,36,37). The molecule has 4 aromatic rings. The lowest BCUT2D eigenvalue weighted by Crippen LogP contribution is -2.16. The number of benzene rings is 2. The molecule has 1 amide bonds. The molecule has 2 heterocycles. The van der Waals surface area contributed by atoms with Crippen LogP contribution >= 0.6 is 0 Å². The molecular weight excluding hydrogens is 488 g/mol. The van der Waals surface area contributed by atoms with Gasteiger partial charge < -0.3 is 21.1 Å². The van der Waals surface area contributed by atoms with Crippen molar-refractivity contribution in [2.24, 2.45) is 5.73 Å². The molecule has 8 heteroatoms. The van der Waals surface area contributed by atoms with Crippen LogP contribution in [0.1, 0.15) is 58.6 Å². The van der Waals surface area contributed by atoms with E-state index in [-0.39, 0.29) is 0 Å². The van der Waals surface area contributed by atoms with Crippen LogP contribution in [-0.4, -0.2) is 42.2 Å². The van der Waals surface area contributed by atoms with Crippen LogP contribution in [0.5, 0.6) is 0 Å². The van der Waals surface area contributed by atoms with E-state index in [0.29, 0.717) is 43.2 Å². The first-order valence-electron chi connectivity index (χ1n) is 13.6. The third kappa shape index (κ3) is 6.88. The molecule has 0 unspecified atom stereocenters. The molecule has 0 aliphatic heterocycles. The van der Waals surface area contributed by atoms with Crippen molar-refractivity contribution in [2.45, 2.75) is 44.6 Å². The Morgan fingerprint density at radius 3 is 2.72 bits per heavy atom. The topological polar surface area (TPSA) is 126 Å². The lowest BCUT2D eigenvalue weighted by molar-refractivity contribution is 0.100. The summed E-state index contributed by atoms with van der Waals surface area (Å²) >= 11 is 0. The average Bonchev–Trinajstić information content (AvgIpc) is 3.80. The third-order valence-corrected chi connectivity index (χ3v) is 7.05. The van der Waals surface area contributed by atoms with Crippen molar-refractivity contribution < 1.29 is 9.53 Å². The summed E-state index contributed by atoms with van der Waals surface area (Å²) in [5.41, 5.74) is 10.4. The van der Waals surface area contributed by atoms with E-state index in [1.807, 2.05) is 18.3 Å². The van der Waals surface area contributed by atoms with Crippen LogP contribution in [0.4, 0.5) is 5.82 Å². The summed E-state index contributed by atoms with van der Waals surface area (Å²) in [5.74, 6) is 0.949. The lowest BCUT2D eigenvalue weighted by Gasteiger charge is -2.12. The molecule has 1 aliphatic carbocycles. The fourth-order valence-corrected chi connectivity index (χ4v) is 4.91. The maximum Gasteiger partial charge on any atom is 0.248 e. The second kappa shape index (κ2) is 12.7. The SMILES string of the molecule is N#CCc1cc(CNCCCCOCCNc2nc3cc(C(N)=O)ccc3c3cnccc23)cc(C2CC2)c1. The number of carbonyl (C=O) groups excluding carboxylic acids is 1. The predicted octanol–water partition coefficient (Wildman–Crippen LogP) is 4.82. The molecular formula is C31H34N6O2. The summed E-state index contributed by atoms with van der Waals surface area (Å²) in [4.78, 5) is 20.6. The van der Waals surface area contributed by atoms with Gasteiger partial charge in [0.1, 0.15) is 5.82 Å². The molecule has 1 saturated carbocycles. The van der Waals surface area contributed by atoms with E-state index >= 15 is 0 Å². The van der Waals surface area contributed by atoms with Gasteiger partial charge in [-0.15, -0.1) is 0 Å². The van der Waals surface area contributed by atoms with Gasteiger partial charge in [0.25, 0.3) is 0 Å². The normalized spacial score (nSPS) is 13.0. The number of amides is 1. The van der Waals surface area contributed by atoms with Crippen molar-refractivity contribution in [3.05, 3.63) is 77.1 Å². The van der Waals surface area contributed by atoms with Gasteiger partial charge in [-0.05, 0) is 73.0 Å². The summed E-state index contributed by atoms with van der Waals surface area (Å²) in [6.45, 7) is 3.64. The number of unbranched alkanes of at least 4 members (excludes halogenated alkanes) is 1. The summed E-state index contributed by atoms with van der Waals surface area (Å²) < 4.78 is 5.84. The molecule has 4 N–H and O–H groups in total. The number of pyridine rings is 2. The van der Waals surface area contributed by atoms with Gasteiger partial charge in [-0.25, -0.2) is 4.98 Å². The molecule has 0 spiro atoms. The first-order chi connectivity index (χ1) is 19.1. The largest absolute Gasteiger partial charge is 0.380 e. The Bertz CT molecular complexity index is 1510. The second-order valence-electron chi connectivity index (χ2n) is 10.1. The van der Waals surface area contributed by atoms with Crippen molar-refractivity contribution in [1.29, 1.82) is 5.26 Å². The second-order valence-corrected chi connectivity index (χ2v) is 10.1. The Balaban J connectivity index is 1.04. The van der Waals surface area contributed by atoms with Gasteiger partial charge in [-0.1, -0.05) is 24.3 Å². The molecule has 39 heavy (non-hydrogen) atoms. The van der Waals surface area contributed by atoms with E-state index < -0.39 is 5.91 Å². The predicted molar refractivity (Wildman–Crippen MR) is 154 cm³/mol. The number of ether oxygens (including phenoxy) is 1. The molecule has 2 aromatic carbocycles. The Morgan fingerprint density at radius 1 is 1.03 bits per heavy atom. The number of primary amides is 1. The Hall–Kier alpha value is -4.06. The van der Waals surface area contributed by atoms with Crippen LogP contribution in [0.15, 0.2) is 54.9 Å². The first kappa shape index (κ1) is 26.5. The van der Waals surface area contributed by atoms with Crippen LogP contribution in [0.2, 0.25) is 0 Å². The highest BCUT2D eigenvalue weighted by Gasteiger charge is 2.24. The smallest absolute Gasteiger partial charge is 0.248 e. The molecule has 1 fully saturated rings. The number of anilines is 1. The monoisotopic (exact) mass is 522 g/mol. The van der Waals surface area contributed by atoms with Gasteiger partial charge in [0.15, 0.2) is 0 Å². The zero-order chi connectivity index (χ0) is 27.0. The highest BCUT2D eigenvalue weighted by molar-refractivity contribution is 6.11. The average molecular weight is 523 g/mol. The number of hydrogen-bond acceptors (Lipinski definition) is 7. The number of aromatic nitrogens is 2. The van der Waals surface area contributed by atoms with Crippen molar-refractivity contribution in [3.63, 3.8) is 0 Å². The van der Waals surface area contributed by atoms with Gasteiger partial charge in [-0.2, -0.15) is 5.26 Å². The van der Waals surface area contributed by atoms with Crippen molar-refractivity contribution in [1.82, 2.24) is 15.3 Å². The number of nitrogens with two attached hydrogens (primary N) is 1. The molecule has 2 aromatic heterocycles. The van der Waals surface area contributed by atoms with Gasteiger partial charge >= 0.3 is 0 Å². The minimum atomic E-state index is -0.476. The minimum absolute atomic E-state index is 0.428. The van der Waals surface area contributed by atoms with Crippen molar-refractivity contribution in [3.8, 4) is 6.07 Å². The van der Waals surface area contributed by atoms with Gasteiger partial charge in [0.2, 0.25) is 5.91 Å². The number of hydrogen-bond donors (Lipinski definition) is 3. The molecule has 8 nitrogen and oxygen atoms in total. The van der Waals surface area contributed by atoms with Crippen LogP contribution in [-0.2, 0) is 17.7 Å². The Morgan fingerprint density at radius 2 is 1.90 bits per heavy atom. The van der Waals surface area contributed by atoms with E-state index in [1.54, 1.807) is 18.3 Å². The van der Waals surface area contributed by atoms with E-state index in [9.17, 15) is 4.79 Å².